The normalized spacial score (nSPS) is 13.1. The minimum atomic E-state index is -2.93. The van der Waals surface area contributed by atoms with Crippen LogP contribution < -0.4 is 24.8 Å². The summed E-state index contributed by atoms with van der Waals surface area (Å²) in [4.78, 5) is 4.13. The molecular weight excluding hydrogens is 360 g/mol. The number of aryl methyl sites for hydroxylation is 1. The molecule has 27 heavy (non-hydrogen) atoms. The zero-order valence-corrected chi connectivity index (χ0v) is 15.0. The Balaban J connectivity index is 1.58. The van der Waals surface area contributed by atoms with Crippen LogP contribution >= 0.6 is 0 Å². The molecular formula is C17H21F2N5O3. The summed E-state index contributed by atoms with van der Waals surface area (Å²) in [5, 5.41) is 10.4. The molecule has 2 aromatic rings. The highest BCUT2D eigenvalue weighted by molar-refractivity contribution is 5.79. The number of ether oxygens (including phenoxy) is 3. The highest BCUT2D eigenvalue weighted by Crippen LogP contribution is 2.38. The van der Waals surface area contributed by atoms with Crippen LogP contribution in [0.4, 0.5) is 8.78 Å². The van der Waals surface area contributed by atoms with Crippen molar-refractivity contribution in [2.24, 2.45) is 12.0 Å². The molecule has 1 aromatic heterocycles. The highest BCUT2D eigenvalue weighted by Gasteiger charge is 2.20. The van der Waals surface area contributed by atoms with Gasteiger partial charge in [-0.1, -0.05) is 0 Å². The summed E-state index contributed by atoms with van der Waals surface area (Å²) in [6, 6.07) is 3.03. The average Bonchev–Trinajstić information content (AvgIpc) is 3.25. The van der Waals surface area contributed by atoms with Gasteiger partial charge in [0.25, 0.3) is 0 Å². The Morgan fingerprint density at radius 2 is 2.11 bits per heavy atom. The lowest BCUT2D eigenvalue weighted by Crippen LogP contribution is -2.37. The van der Waals surface area contributed by atoms with E-state index in [1.807, 2.05) is 13.2 Å². The van der Waals surface area contributed by atoms with Gasteiger partial charge in [0, 0.05) is 45.0 Å². The first-order chi connectivity index (χ1) is 13.0. The molecule has 0 radical (unpaired) electrons. The van der Waals surface area contributed by atoms with Gasteiger partial charge in [0.15, 0.2) is 17.5 Å². The van der Waals surface area contributed by atoms with Crippen LogP contribution in [0.5, 0.6) is 17.2 Å². The number of rotatable bonds is 7. The summed E-state index contributed by atoms with van der Waals surface area (Å²) >= 11 is 0. The van der Waals surface area contributed by atoms with Gasteiger partial charge in [-0.15, -0.1) is 0 Å². The van der Waals surface area contributed by atoms with Crippen LogP contribution in [-0.2, 0) is 20.0 Å². The molecule has 1 aliphatic rings. The largest absolute Gasteiger partial charge is 0.454 e. The number of aromatic nitrogens is 2. The van der Waals surface area contributed by atoms with Crippen molar-refractivity contribution in [2.75, 3.05) is 20.4 Å². The number of alkyl halides is 2. The van der Waals surface area contributed by atoms with Crippen LogP contribution in [-0.4, -0.2) is 42.7 Å². The first-order valence-electron chi connectivity index (χ1n) is 8.34. The maximum Gasteiger partial charge on any atom is 0.387 e. The van der Waals surface area contributed by atoms with Gasteiger partial charge in [0.2, 0.25) is 6.79 Å². The van der Waals surface area contributed by atoms with E-state index in [1.165, 1.54) is 6.07 Å². The zero-order valence-electron chi connectivity index (χ0n) is 15.0. The Morgan fingerprint density at radius 1 is 1.33 bits per heavy atom. The van der Waals surface area contributed by atoms with E-state index in [4.69, 9.17) is 9.47 Å². The third kappa shape index (κ3) is 4.99. The minimum Gasteiger partial charge on any atom is -0.454 e. The molecule has 0 aliphatic carbocycles. The van der Waals surface area contributed by atoms with E-state index >= 15 is 0 Å². The van der Waals surface area contributed by atoms with Crippen molar-refractivity contribution in [1.82, 2.24) is 20.4 Å². The number of nitrogens with zero attached hydrogens (tertiary/aromatic N) is 3. The predicted molar refractivity (Wildman–Crippen MR) is 94.3 cm³/mol. The lowest BCUT2D eigenvalue weighted by molar-refractivity contribution is -0.0505. The third-order valence-electron chi connectivity index (χ3n) is 3.91. The van der Waals surface area contributed by atoms with E-state index in [9.17, 15) is 8.78 Å². The van der Waals surface area contributed by atoms with Gasteiger partial charge >= 0.3 is 6.61 Å². The summed E-state index contributed by atoms with van der Waals surface area (Å²) in [6.07, 6.45) is 4.52. The summed E-state index contributed by atoms with van der Waals surface area (Å²) < 4.78 is 42.2. The van der Waals surface area contributed by atoms with Crippen LogP contribution in [0.15, 0.2) is 29.5 Å². The molecule has 10 heteroatoms. The highest BCUT2D eigenvalue weighted by atomic mass is 19.3. The monoisotopic (exact) mass is 381 g/mol. The van der Waals surface area contributed by atoms with Crippen molar-refractivity contribution < 1.29 is 23.0 Å². The molecule has 0 amide bonds. The van der Waals surface area contributed by atoms with Crippen LogP contribution in [0, 0.1) is 0 Å². The molecule has 0 fully saturated rings. The van der Waals surface area contributed by atoms with Gasteiger partial charge in [-0.05, 0) is 18.1 Å². The molecule has 2 heterocycles. The summed E-state index contributed by atoms with van der Waals surface area (Å²) in [5.74, 6) is 1.45. The molecule has 1 aliphatic heterocycles. The van der Waals surface area contributed by atoms with Gasteiger partial charge < -0.3 is 24.8 Å². The van der Waals surface area contributed by atoms with E-state index in [0.29, 0.717) is 29.6 Å². The van der Waals surface area contributed by atoms with Crippen molar-refractivity contribution in [3.63, 3.8) is 0 Å². The SMILES string of the molecule is CN=C(NCCc1cnn(C)c1)NCc1cc2c(cc1OC(F)F)OCO2. The van der Waals surface area contributed by atoms with Crippen LogP contribution in [0.2, 0.25) is 0 Å². The number of hydrogen-bond acceptors (Lipinski definition) is 5. The van der Waals surface area contributed by atoms with E-state index in [1.54, 1.807) is 24.0 Å². The number of aliphatic imine (C=N–C) groups is 1. The molecule has 0 saturated carbocycles. The van der Waals surface area contributed by atoms with E-state index in [-0.39, 0.29) is 19.1 Å². The first kappa shape index (κ1) is 18.7. The number of halogens is 2. The summed E-state index contributed by atoms with van der Waals surface area (Å²) in [5.41, 5.74) is 1.61. The quantitative estimate of drug-likeness (QED) is 0.561. The van der Waals surface area contributed by atoms with E-state index < -0.39 is 6.61 Å². The second-order valence-corrected chi connectivity index (χ2v) is 5.82. The Kier molecular flexibility index (Phi) is 5.94. The molecule has 146 valence electrons. The standard InChI is InChI=1S/C17H21F2N5O3/c1-20-17(21-4-3-11-7-23-24(2)9-11)22-8-12-5-14-15(26-10-25-14)6-13(12)27-16(18)19/h5-7,9,16H,3-4,8,10H2,1-2H3,(H2,20,21,22). The molecule has 0 saturated heterocycles. The smallest absolute Gasteiger partial charge is 0.387 e. The zero-order chi connectivity index (χ0) is 19.2. The summed E-state index contributed by atoms with van der Waals surface area (Å²) in [6.45, 7) is -2.00. The fourth-order valence-corrected chi connectivity index (χ4v) is 2.64. The summed E-state index contributed by atoms with van der Waals surface area (Å²) in [7, 11) is 3.50. The van der Waals surface area contributed by atoms with E-state index in [0.717, 1.165) is 12.0 Å². The lowest BCUT2D eigenvalue weighted by atomic mass is 10.1. The van der Waals surface area contributed by atoms with Gasteiger partial charge in [-0.25, -0.2) is 0 Å². The molecule has 0 unspecified atom stereocenters. The molecule has 0 bridgehead atoms. The molecule has 1 aromatic carbocycles. The van der Waals surface area contributed by atoms with Gasteiger partial charge in [0.05, 0.1) is 6.20 Å². The molecule has 3 rings (SSSR count). The van der Waals surface area contributed by atoms with Crippen LogP contribution in [0.3, 0.4) is 0 Å². The second kappa shape index (κ2) is 8.56. The number of fused-ring (bicyclic) bond motifs is 1. The first-order valence-corrected chi connectivity index (χ1v) is 8.34. The van der Waals surface area contributed by atoms with Crippen LogP contribution in [0.25, 0.3) is 0 Å². The lowest BCUT2D eigenvalue weighted by Gasteiger charge is -2.15. The Bertz CT molecular complexity index is 810. The van der Waals surface area contributed by atoms with E-state index in [2.05, 4.69) is 25.5 Å². The molecule has 2 N–H and O–H groups in total. The second-order valence-electron chi connectivity index (χ2n) is 5.82. The number of benzene rings is 1. The van der Waals surface area contributed by atoms with Gasteiger partial charge in [-0.3, -0.25) is 9.67 Å². The van der Waals surface area contributed by atoms with Crippen molar-refractivity contribution in [3.8, 4) is 17.2 Å². The maximum atomic E-state index is 12.7. The van der Waals surface area contributed by atoms with Gasteiger partial charge in [-0.2, -0.15) is 13.9 Å². The molecule has 0 spiro atoms. The minimum absolute atomic E-state index is 0.0348. The van der Waals surface area contributed by atoms with Crippen LogP contribution in [0.1, 0.15) is 11.1 Å². The van der Waals surface area contributed by atoms with Crippen molar-refractivity contribution in [2.45, 2.75) is 19.6 Å². The molecule has 0 atom stereocenters. The topological polar surface area (TPSA) is 81.9 Å². The predicted octanol–water partition coefficient (Wildman–Crippen LogP) is 1.66. The average molecular weight is 381 g/mol. The maximum absolute atomic E-state index is 12.7. The van der Waals surface area contributed by atoms with Crippen molar-refractivity contribution in [3.05, 3.63) is 35.7 Å². The number of hydrogen-bond donors (Lipinski definition) is 2. The Morgan fingerprint density at radius 3 is 2.78 bits per heavy atom. The van der Waals surface area contributed by atoms with Gasteiger partial charge in [0.1, 0.15) is 5.75 Å². The van der Waals surface area contributed by atoms with Crippen molar-refractivity contribution >= 4 is 5.96 Å². The molecule has 8 nitrogen and oxygen atoms in total. The fourth-order valence-electron chi connectivity index (χ4n) is 2.64. The Labute approximate surface area is 155 Å². The fraction of sp³-hybridized carbons (Fsp3) is 0.412. The number of guanidine groups is 1. The van der Waals surface area contributed by atoms with Crippen molar-refractivity contribution in [1.29, 1.82) is 0 Å². The number of nitrogens with one attached hydrogen (secondary N) is 2. The third-order valence-corrected chi connectivity index (χ3v) is 3.91. The Hall–Kier alpha value is -3.04.